The highest BCUT2D eigenvalue weighted by molar-refractivity contribution is 5.94. The lowest BCUT2D eigenvalue weighted by molar-refractivity contribution is 0.766. The normalized spacial score (nSPS) is 14.2. The maximum absolute atomic E-state index is 2.54. The quantitative estimate of drug-likeness (QED) is 0.142. The van der Waals surface area contributed by atoms with Crippen LogP contribution in [0.4, 0.5) is 0 Å². The predicted molar refractivity (Wildman–Crippen MR) is 344 cm³/mol. The molecule has 0 amide bonds. The monoisotopic (exact) mass is 1050 g/mol. The summed E-state index contributed by atoms with van der Waals surface area (Å²) in [5.74, 6) is 0. The Morgan fingerprint density at radius 3 is 0.585 bits per heavy atom. The van der Waals surface area contributed by atoms with Gasteiger partial charge in [-0.1, -0.05) is 283 Å². The van der Waals surface area contributed by atoms with Crippen molar-refractivity contribution in [3.05, 3.63) is 367 Å². The first kappa shape index (κ1) is 50.8. The summed E-state index contributed by atoms with van der Waals surface area (Å²) in [7, 11) is 0. The van der Waals surface area contributed by atoms with E-state index < -0.39 is 16.2 Å². The number of hydrogen-bond acceptors (Lipinski definition) is 0. The van der Waals surface area contributed by atoms with E-state index in [9.17, 15) is 0 Å². The SMILES string of the molecule is C.Cc1ccc(C2(c3ccc(C)cc3)c3ccccc3-c3ccc(-c4ccc5c(c4)C(c4ccc(C)cc4)(c4ccc(C)cc4)c4cc(-c6ccc7c(c6)C(c6ccc(C)cc6)(c6ccc(C)cc6)c6ccccc6-7)ccc4-5)cc32)cc1. The minimum atomic E-state index is -0.640. The second kappa shape index (κ2) is 19.1. The maximum Gasteiger partial charge on any atom is 0.0714 e. The fourth-order valence-corrected chi connectivity index (χ4v) is 14.8. The van der Waals surface area contributed by atoms with Crippen LogP contribution in [0.15, 0.2) is 267 Å². The van der Waals surface area contributed by atoms with Crippen LogP contribution in [0.25, 0.3) is 55.6 Å². The lowest BCUT2D eigenvalue weighted by atomic mass is 9.66. The smallest absolute Gasteiger partial charge is 0.0714 e. The zero-order chi connectivity index (χ0) is 54.8. The molecule has 0 atom stereocenters. The largest absolute Gasteiger partial charge is 0.0776 e. The molecule has 0 N–H and O–H groups in total. The van der Waals surface area contributed by atoms with Gasteiger partial charge < -0.3 is 0 Å². The van der Waals surface area contributed by atoms with Crippen molar-refractivity contribution in [3.8, 4) is 55.6 Å². The Balaban J connectivity index is 0.00000602. The Kier molecular flexibility index (Phi) is 11.9. The summed E-state index contributed by atoms with van der Waals surface area (Å²) >= 11 is 0. The van der Waals surface area contributed by atoms with E-state index in [1.54, 1.807) is 0 Å². The molecule has 12 aromatic rings. The number of hydrogen-bond donors (Lipinski definition) is 0. The van der Waals surface area contributed by atoms with Crippen molar-refractivity contribution in [3.63, 3.8) is 0 Å². The van der Waals surface area contributed by atoms with Gasteiger partial charge in [-0.15, -0.1) is 0 Å². The number of aryl methyl sites for hydroxylation is 6. The van der Waals surface area contributed by atoms with Gasteiger partial charge in [-0.2, -0.15) is 0 Å². The molecule has 0 spiro atoms. The molecule has 0 nitrogen and oxygen atoms in total. The first-order valence-corrected chi connectivity index (χ1v) is 28.8. The second-order valence-corrected chi connectivity index (χ2v) is 23.6. The van der Waals surface area contributed by atoms with E-state index in [1.807, 2.05) is 0 Å². The van der Waals surface area contributed by atoms with Crippen molar-refractivity contribution in [2.24, 2.45) is 0 Å². The van der Waals surface area contributed by atoms with Crippen LogP contribution in [0.1, 0.15) is 108 Å². The lowest BCUT2D eigenvalue weighted by Gasteiger charge is -2.35. The fourth-order valence-electron chi connectivity index (χ4n) is 14.8. The van der Waals surface area contributed by atoms with Gasteiger partial charge >= 0.3 is 0 Å². The van der Waals surface area contributed by atoms with Crippen LogP contribution in [0.5, 0.6) is 0 Å². The van der Waals surface area contributed by atoms with Gasteiger partial charge in [0.25, 0.3) is 0 Å². The second-order valence-electron chi connectivity index (χ2n) is 23.6. The summed E-state index contributed by atoms with van der Waals surface area (Å²) in [6.07, 6.45) is 0. The zero-order valence-electron chi connectivity index (χ0n) is 46.9. The lowest BCUT2D eigenvalue weighted by Crippen LogP contribution is -2.29. The van der Waals surface area contributed by atoms with Crippen molar-refractivity contribution in [2.75, 3.05) is 0 Å². The zero-order valence-corrected chi connectivity index (χ0v) is 46.9. The standard InChI is InChI=1S/C81H62.CH4/c1-51-15-31-61(32-16-51)79(62-33-17-52(2)18-34-62)73-13-9-7-11-67(73)69-43-27-57(47-75(69)79)59-29-45-71-72-46-30-60(50-78(72)81(77(71)49-59,65-39-23-55(5)24-40-65)66-41-25-56(6)26-42-66)58-28-44-70-68-12-8-10-14-74(68)80(76(70)48-58,63-35-19-53(3)20-36-63)64-37-21-54(4)22-38-64;/h7-50H,1-6H3;1H4. The minimum absolute atomic E-state index is 0. The number of rotatable bonds is 8. The molecule has 0 heteroatoms. The molecular formula is C82H66. The van der Waals surface area contributed by atoms with Gasteiger partial charge in [-0.05, 0) is 188 Å². The van der Waals surface area contributed by atoms with Crippen LogP contribution in [-0.4, -0.2) is 0 Å². The van der Waals surface area contributed by atoms with Crippen LogP contribution >= 0.6 is 0 Å². The van der Waals surface area contributed by atoms with Gasteiger partial charge in [-0.25, -0.2) is 0 Å². The molecule has 3 aliphatic rings. The van der Waals surface area contributed by atoms with Crippen molar-refractivity contribution >= 4 is 0 Å². The third-order valence-corrected chi connectivity index (χ3v) is 18.8. The van der Waals surface area contributed by atoms with Crippen LogP contribution in [0, 0.1) is 41.5 Å². The summed E-state index contributed by atoms with van der Waals surface area (Å²) in [6, 6.07) is 103. The Hall–Kier alpha value is -9.36. The Morgan fingerprint density at radius 1 is 0.183 bits per heavy atom. The molecular weight excluding hydrogens is 985 g/mol. The molecule has 0 bridgehead atoms. The Labute approximate surface area is 485 Å². The highest BCUT2D eigenvalue weighted by atomic mass is 14.5. The molecule has 3 aliphatic carbocycles. The van der Waals surface area contributed by atoms with Gasteiger partial charge in [0.2, 0.25) is 0 Å². The highest BCUT2D eigenvalue weighted by Crippen LogP contribution is 2.61. The van der Waals surface area contributed by atoms with Crippen LogP contribution in [-0.2, 0) is 16.2 Å². The van der Waals surface area contributed by atoms with Crippen LogP contribution in [0.2, 0.25) is 0 Å². The third-order valence-electron chi connectivity index (χ3n) is 18.8. The first-order chi connectivity index (χ1) is 39.6. The molecule has 0 aromatic heterocycles. The van der Waals surface area contributed by atoms with E-state index in [4.69, 9.17) is 0 Å². The van der Waals surface area contributed by atoms with Gasteiger partial charge in [0.15, 0.2) is 0 Å². The molecule has 394 valence electrons. The third kappa shape index (κ3) is 7.30. The van der Waals surface area contributed by atoms with Crippen molar-refractivity contribution in [1.29, 1.82) is 0 Å². The summed E-state index contributed by atoms with van der Waals surface area (Å²) in [6.45, 7) is 13.2. The van der Waals surface area contributed by atoms with Gasteiger partial charge in [-0.3, -0.25) is 0 Å². The van der Waals surface area contributed by atoms with Crippen molar-refractivity contribution in [1.82, 2.24) is 0 Å². The maximum atomic E-state index is 2.54. The van der Waals surface area contributed by atoms with E-state index in [0.29, 0.717) is 0 Å². The molecule has 0 unspecified atom stereocenters. The molecule has 12 aromatic carbocycles. The molecule has 0 aliphatic heterocycles. The molecule has 0 heterocycles. The molecule has 0 saturated carbocycles. The number of benzene rings is 12. The van der Waals surface area contributed by atoms with Crippen LogP contribution in [0.3, 0.4) is 0 Å². The van der Waals surface area contributed by atoms with Crippen molar-refractivity contribution in [2.45, 2.75) is 65.2 Å². The topological polar surface area (TPSA) is 0 Å². The Bertz CT molecular complexity index is 4070. The van der Waals surface area contributed by atoms with E-state index >= 15 is 0 Å². The van der Waals surface area contributed by atoms with E-state index in [0.717, 1.165) is 0 Å². The van der Waals surface area contributed by atoms with E-state index in [2.05, 4.69) is 308 Å². The number of fused-ring (bicyclic) bond motifs is 9. The summed E-state index contributed by atoms with van der Waals surface area (Å²) in [4.78, 5) is 0. The average molecular weight is 1050 g/mol. The van der Waals surface area contributed by atoms with Crippen molar-refractivity contribution < 1.29 is 0 Å². The predicted octanol–water partition coefficient (Wildman–Crippen LogP) is 20.6. The van der Waals surface area contributed by atoms with E-state index in [-0.39, 0.29) is 7.43 Å². The van der Waals surface area contributed by atoms with Gasteiger partial charge in [0, 0.05) is 0 Å². The fraction of sp³-hybridized carbons (Fsp3) is 0.122. The molecule has 0 fully saturated rings. The summed E-state index contributed by atoms with van der Waals surface area (Å²) in [5.41, 5.74) is 33.9. The van der Waals surface area contributed by atoms with Gasteiger partial charge in [0.05, 0.1) is 16.2 Å². The van der Waals surface area contributed by atoms with Gasteiger partial charge in [0.1, 0.15) is 0 Å². The highest BCUT2D eigenvalue weighted by Gasteiger charge is 2.50. The first-order valence-electron chi connectivity index (χ1n) is 28.8. The molecule has 15 rings (SSSR count). The Morgan fingerprint density at radius 2 is 0.366 bits per heavy atom. The van der Waals surface area contributed by atoms with E-state index in [1.165, 1.54) is 156 Å². The minimum Gasteiger partial charge on any atom is -0.0776 e. The average Bonchev–Trinajstić information content (AvgIpc) is 2.69. The summed E-state index contributed by atoms with van der Waals surface area (Å²) < 4.78 is 0. The molecule has 0 radical (unpaired) electrons. The molecule has 0 saturated heterocycles. The van der Waals surface area contributed by atoms with Crippen LogP contribution < -0.4 is 0 Å². The molecule has 82 heavy (non-hydrogen) atoms. The summed E-state index contributed by atoms with van der Waals surface area (Å²) in [5, 5.41) is 0.